The predicted octanol–water partition coefficient (Wildman–Crippen LogP) is 3.36. The molecule has 1 atom stereocenters. The second-order valence-electron chi connectivity index (χ2n) is 6.46. The molecule has 2 aromatic rings. The molecule has 1 unspecified atom stereocenters. The van der Waals surface area contributed by atoms with Gasteiger partial charge in [0.15, 0.2) is 6.04 Å². The molecule has 3 rings (SSSR count). The van der Waals surface area contributed by atoms with Crippen molar-refractivity contribution in [2.75, 3.05) is 23.5 Å². The Morgan fingerprint density at radius 1 is 1.03 bits per heavy atom. The number of carbonyl (C=O) groups excluding carboxylic acids is 3. The van der Waals surface area contributed by atoms with E-state index in [0.29, 0.717) is 11.4 Å². The highest BCUT2D eigenvalue weighted by molar-refractivity contribution is 6.38. The molecule has 0 fully saturated rings. The second-order valence-corrected chi connectivity index (χ2v) is 6.46. The van der Waals surface area contributed by atoms with Crippen LogP contribution in [0.4, 0.5) is 16.2 Å². The topological polar surface area (TPSA) is 107 Å². The number of benzene rings is 2. The molecule has 1 N–H and O–H groups in total. The van der Waals surface area contributed by atoms with E-state index in [2.05, 4.69) is 10.4 Å². The second kappa shape index (κ2) is 10.2. The van der Waals surface area contributed by atoms with Crippen LogP contribution in [0, 0.1) is 0 Å². The van der Waals surface area contributed by atoms with Crippen LogP contribution in [0.25, 0.3) is 0 Å². The van der Waals surface area contributed by atoms with Gasteiger partial charge in [-0.05, 0) is 38.1 Å². The number of nitrogens with zero attached hydrogens (tertiary/aromatic N) is 2. The zero-order valence-corrected chi connectivity index (χ0v) is 17.2. The fourth-order valence-electron chi connectivity index (χ4n) is 2.96. The summed E-state index contributed by atoms with van der Waals surface area (Å²) in [6.45, 7) is 3.84. The van der Waals surface area contributed by atoms with Crippen LogP contribution in [0.5, 0.6) is 5.75 Å². The van der Waals surface area contributed by atoms with E-state index in [9.17, 15) is 14.4 Å². The van der Waals surface area contributed by atoms with Gasteiger partial charge in [-0.15, -0.1) is 0 Å². The van der Waals surface area contributed by atoms with Crippen LogP contribution in [0.1, 0.15) is 20.3 Å². The molecule has 0 radical (unpaired) electrons. The predicted molar refractivity (Wildman–Crippen MR) is 114 cm³/mol. The number of carbonyl (C=O) groups is 3. The van der Waals surface area contributed by atoms with Crippen molar-refractivity contribution in [3.63, 3.8) is 0 Å². The van der Waals surface area contributed by atoms with Gasteiger partial charge in [0.2, 0.25) is 0 Å². The number of esters is 2. The molecular weight excluding hydrogens is 402 g/mol. The minimum absolute atomic E-state index is 0.0489. The molecule has 9 heteroatoms. The SMILES string of the molecule is CCOC(=O)Nc1cccc(OC(=O)C2CC(C(=O)OCC)=NN2c2ccccc2)c1. The van der Waals surface area contributed by atoms with Crippen molar-refractivity contribution in [3.05, 3.63) is 54.6 Å². The van der Waals surface area contributed by atoms with Crippen molar-refractivity contribution in [1.29, 1.82) is 0 Å². The van der Waals surface area contributed by atoms with E-state index in [-0.39, 0.29) is 31.1 Å². The summed E-state index contributed by atoms with van der Waals surface area (Å²) < 4.78 is 15.4. The largest absolute Gasteiger partial charge is 0.461 e. The number of hydrogen-bond acceptors (Lipinski definition) is 8. The molecule has 0 aliphatic carbocycles. The molecule has 9 nitrogen and oxygen atoms in total. The number of para-hydroxylation sites is 1. The molecule has 1 amide bonds. The summed E-state index contributed by atoms with van der Waals surface area (Å²) in [4.78, 5) is 36.7. The Bertz CT molecular complexity index is 976. The first-order valence-electron chi connectivity index (χ1n) is 9.86. The molecule has 0 saturated heterocycles. The first kappa shape index (κ1) is 21.8. The van der Waals surface area contributed by atoms with E-state index in [0.717, 1.165) is 0 Å². The minimum Gasteiger partial charge on any atom is -0.461 e. The standard InChI is InChI=1S/C22H23N3O6/c1-3-29-20(26)18-14-19(25(24-18)16-10-6-5-7-11-16)21(27)31-17-12-8-9-15(13-17)23-22(28)30-4-2/h5-13,19H,3-4,14H2,1-2H3,(H,23,28). The van der Waals surface area contributed by atoms with Crippen molar-refractivity contribution in [3.8, 4) is 5.75 Å². The molecule has 31 heavy (non-hydrogen) atoms. The molecule has 2 aromatic carbocycles. The van der Waals surface area contributed by atoms with Gasteiger partial charge in [0.25, 0.3) is 0 Å². The van der Waals surface area contributed by atoms with Gasteiger partial charge in [0.1, 0.15) is 11.5 Å². The van der Waals surface area contributed by atoms with Crippen molar-refractivity contribution < 1.29 is 28.6 Å². The van der Waals surface area contributed by atoms with E-state index in [1.807, 2.05) is 6.07 Å². The van der Waals surface area contributed by atoms with Crippen LogP contribution in [0.3, 0.4) is 0 Å². The Kier molecular flexibility index (Phi) is 7.21. The lowest BCUT2D eigenvalue weighted by Crippen LogP contribution is -2.37. The van der Waals surface area contributed by atoms with Crippen LogP contribution in [-0.2, 0) is 19.1 Å². The minimum atomic E-state index is -0.844. The van der Waals surface area contributed by atoms with Gasteiger partial charge in [-0.3, -0.25) is 10.3 Å². The van der Waals surface area contributed by atoms with E-state index in [1.54, 1.807) is 56.3 Å². The maximum atomic E-state index is 13.0. The van der Waals surface area contributed by atoms with Gasteiger partial charge < -0.3 is 14.2 Å². The van der Waals surface area contributed by atoms with E-state index in [1.165, 1.54) is 11.1 Å². The average molecular weight is 425 g/mol. The summed E-state index contributed by atoms with van der Waals surface area (Å²) in [5, 5.41) is 8.30. The summed E-state index contributed by atoms with van der Waals surface area (Å²) in [7, 11) is 0. The van der Waals surface area contributed by atoms with Crippen molar-refractivity contribution in [2.24, 2.45) is 5.10 Å². The number of anilines is 2. The third kappa shape index (κ3) is 5.59. The third-order valence-electron chi connectivity index (χ3n) is 4.29. The van der Waals surface area contributed by atoms with E-state index in [4.69, 9.17) is 14.2 Å². The van der Waals surface area contributed by atoms with E-state index >= 15 is 0 Å². The Balaban J connectivity index is 1.77. The molecule has 0 aromatic heterocycles. The lowest BCUT2D eigenvalue weighted by molar-refractivity contribution is -0.135. The van der Waals surface area contributed by atoms with Crippen LogP contribution in [0.15, 0.2) is 59.7 Å². The zero-order chi connectivity index (χ0) is 22.2. The van der Waals surface area contributed by atoms with E-state index < -0.39 is 24.1 Å². The van der Waals surface area contributed by atoms with Crippen molar-refractivity contribution in [1.82, 2.24) is 0 Å². The highest BCUT2D eigenvalue weighted by Crippen LogP contribution is 2.27. The first-order valence-corrected chi connectivity index (χ1v) is 9.86. The number of hydrazone groups is 1. The van der Waals surface area contributed by atoms with Crippen LogP contribution < -0.4 is 15.1 Å². The normalized spacial score (nSPS) is 15.1. The Morgan fingerprint density at radius 3 is 2.48 bits per heavy atom. The van der Waals surface area contributed by atoms with Gasteiger partial charge in [0.05, 0.1) is 18.9 Å². The van der Waals surface area contributed by atoms with Gasteiger partial charge >= 0.3 is 18.0 Å². The Labute approximate surface area is 179 Å². The monoisotopic (exact) mass is 425 g/mol. The fraction of sp³-hybridized carbons (Fsp3) is 0.273. The summed E-state index contributed by atoms with van der Waals surface area (Å²) >= 11 is 0. The third-order valence-corrected chi connectivity index (χ3v) is 4.29. The lowest BCUT2D eigenvalue weighted by Gasteiger charge is -2.22. The van der Waals surface area contributed by atoms with Gasteiger partial charge in [0, 0.05) is 18.2 Å². The number of nitrogens with one attached hydrogen (secondary N) is 1. The van der Waals surface area contributed by atoms with Gasteiger partial charge in [-0.25, -0.2) is 14.4 Å². The molecule has 1 heterocycles. The van der Waals surface area contributed by atoms with Crippen molar-refractivity contribution >= 4 is 35.1 Å². The molecule has 1 aliphatic heterocycles. The molecule has 162 valence electrons. The highest BCUT2D eigenvalue weighted by Gasteiger charge is 2.38. The number of ether oxygens (including phenoxy) is 3. The average Bonchev–Trinajstić information content (AvgIpc) is 3.21. The van der Waals surface area contributed by atoms with Gasteiger partial charge in [-0.1, -0.05) is 24.3 Å². The molecule has 0 bridgehead atoms. The van der Waals surface area contributed by atoms with Crippen LogP contribution >= 0.6 is 0 Å². The summed E-state index contributed by atoms with van der Waals surface area (Å²) in [5.41, 5.74) is 1.20. The zero-order valence-electron chi connectivity index (χ0n) is 17.2. The smallest absolute Gasteiger partial charge is 0.411 e. The number of hydrogen-bond donors (Lipinski definition) is 1. The molecule has 0 saturated carbocycles. The Morgan fingerprint density at radius 2 is 1.77 bits per heavy atom. The highest BCUT2D eigenvalue weighted by atomic mass is 16.6. The number of amides is 1. The summed E-state index contributed by atoms with van der Waals surface area (Å²) in [6.07, 6.45) is -0.558. The van der Waals surface area contributed by atoms with Crippen molar-refractivity contribution in [2.45, 2.75) is 26.3 Å². The fourth-order valence-corrected chi connectivity index (χ4v) is 2.96. The Hall–Kier alpha value is -3.88. The molecule has 1 aliphatic rings. The number of rotatable bonds is 7. The summed E-state index contributed by atoms with van der Waals surface area (Å²) in [6, 6.07) is 14.5. The first-order chi connectivity index (χ1) is 15.0. The maximum Gasteiger partial charge on any atom is 0.411 e. The maximum absolute atomic E-state index is 13.0. The molecule has 0 spiro atoms. The van der Waals surface area contributed by atoms with Gasteiger partial charge in [-0.2, -0.15) is 5.10 Å². The molecular formula is C22H23N3O6. The summed E-state index contributed by atoms with van der Waals surface area (Å²) in [5.74, 6) is -0.934. The quantitative estimate of drug-likeness (QED) is 0.535. The van der Waals surface area contributed by atoms with Crippen LogP contribution in [0.2, 0.25) is 0 Å². The lowest BCUT2D eigenvalue weighted by atomic mass is 10.1. The van der Waals surface area contributed by atoms with Crippen LogP contribution in [-0.4, -0.2) is 43.0 Å².